The van der Waals surface area contributed by atoms with E-state index in [-0.39, 0.29) is 11.9 Å². The number of nitrogens with zero attached hydrogens (tertiary/aromatic N) is 2. The third kappa shape index (κ3) is 3.84. The predicted octanol–water partition coefficient (Wildman–Crippen LogP) is 0.819. The molecule has 0 radical (unpaired) electrons. The Labute approximate surface area is 131 Å². The maximum absolute atomic E-state index is 12.6. The summed E-state index contributed by atoms with van der Waals surface area (Å²) < 4.78 is 0. The van der Waals surface area contributed by atoms with Crippen molar-refractivity contribution < 1.29 is 9.59 Å². The summed E-state index contributed by atoms with van der Waals surface area (Å²) in [5.41, 5.74) is 0.903. The Hall–Kier alpha value is -1.92. The summed E-state index contributed by atoms with van der Waals surface area (Å²) in [7, 11) is 3.58. The first kappa shape index (κ1) is 16.5. The van der Waals surface area contributed by atoms with Gasteiger partial charge in [-0.25, -0.2) is 4.79 Å². The number of hydrogen-bond donors (Lipinski definition) is 2. The highest BCUT2D eigenvalue weighted by atomic mass is 16.2. The van der Waals surface area contributed by atoms with E-state index in [0.29, 0.717) is 0 Å². The van der Waals surface area contributed by atoms with Crippen LogP contribution in [0.25, 0.3) is 0 Å². The van der Waals surface area contributed by atoms with Crippen molar-refractivity contribution >= 4 is 11.9 Å². The molecule has 0 bridgehead atoms. The minimum atomic E-state index is -0.479. The van der Waals surface area contributed by atoms with Gasteiger partial charge in [-0.1, -0.05) is 30.3 Å². The van der Waals surface area contributed by atoms with Gasteiger partial charge in [0.05, 0.1) is 0 Å². The maximum Gasteiger partial charge on any atom is 0.321 e. The minimum Gasteiger partial charge on any atom is -0.341 e. The van der Waals surface area contributed by atoms with Crippen molar-refractivity contribution in [3.63, 3.8) is 0 Å². The van der Waals surface area contributed by atoms with E-state index in [1.807, 2.05) is 30.3 Å². The Bertz CT molecular complexity index is 520. The molecule has 1 aliphatic heterocycles. The third-order valence-corrected chi connectivity index (χ3v) is 4.04. The molecule has 1 heterocycles. The molecule has 0 unspecified atom stereocenters. The quantitative estimate of drug-likeness (QED) is 0.868. The lowest BCUT2D eigenvalue weighted by Crippen LogP contribution is -2.55. The zero-order valence-corrected chi connectivity index (χ0v) is 13.4. The highest BCUT2D eigenvalue weighted by Gasteiger charge is 2.34. The van der Waals surface area contributed by atoms with Crippen LogP contribution in [0.3, 0.4) is 0 Å². The largest absolute Gasteiger partial charge is 0.341 e. The highest BCUT2D eigenvalue weighted by Crippen LogP contribution is 2.25. The number of urea groups is 1. The van der Waals surface area contributed by atoms with Crippen LogP contribution in [0.1, 0.15) is 18.5 Å². The van der Waals surface area contributed by atoms with E-state index in [9.17, 15) is 9.59 Å². The lowest BCUT2D eigenvalue weighted by molar-refractivity contribution is -0.127. The molecule has 1 fully saturated rings. The van der Waals surface area contributed by atoms with Crippen molar-refractivity contribution in [2.45, 2.75) is 19.0 Å². The Morgan fingerprint density at radius 3 is 2.50 bits per heavy atom. The van der Waals surface area contributed by atoms with Crippen molar-refractivity contribution in [3.05, 3.63) is 35.9 Å². The Balaban J connectivity index is 2.25. The normalized spacial score (nSPS) is 21.1. The van der Waals surface area contributed by atoms with E-state index in [1.165, 1.54) is 7.05 Å². The molecule has 2 N–H and O–H groups in total. The summed E-state index contributed by atoms with van der Waals surface area (Å²) in [5.74, 6) is -0.290. The number of imide groups is 1. The van der Waals surface area contributed by atoms with Gasteiger partial charge in [0, 0.05) is 32.7 Å². The fraction of sp³-hybridized carbons (Fsp3) is 0.500. The predicted molar refractivity (Wildman–Crippen MR) is 85.4 cm³/mol. The van der Waals surface area contributed by atoms with Crippen molar-refractivity contribution in [2.24, 2.45) is 0 Å². The summed E-state index contributed by atoms with van der Waals surface area (Å²) >= 11 is 0. The second-order valence-electron chi connectivity index (χ2n) is 5.73. The average Bonchev–Trinajstić information content (AvgIpc) is 2.50. The number of likely N-dealkylation sites (N-methyl/N-ethyl adjacent to an activating group) is 1. The summed E-state index contributed by atoms with van der Waals surface area (Å²) in [6.07, 6.45) is 0. The molecule has 0 aliphatic carbocycles. The summed E-state index contributed by atoms with van der Waals surface area (Å²) in [6.45, 7) is 4.70. The number of hydrogen-bond acceptors (Lipinski definition) is 4. The fourth-order valence-electron chi connectivity index (χ4n) is 2.91. The third-order valence-electron chi connectivity index (χ3n) is 4.04. The van der Waals surface area contributed by atoms with Gasteiger partial charge in [0.15, 0.2) is 0 Å². The molecule has 6 nitrogen and oxygen atoms in total. The zero-order chi connectivity index (χ0) is 16.1. The first-order valence-electron chi connectivity index (χ1n) is 7.54. The average molecular weight is 304 g/mol. The monoisotopic (exact) mass is 304 g/mol. The van der Waals surface area contributed by atoms with Crippen LogP contribution in [0.2, 0.25) is 0 Å². The SMILES string of the molecule is CNC(=O)NC(=O)[C@H](c1ccccc1)N1CCN(C)C[C@@H]1C. The Kier molecular flexibility index (Phi) is 5.51. The summed E-state index contributed by atoms with van der Waals surface area (Å²) in [4.78, 5) is 28.5. The zero-order valence-electron chi connectivity index (χ0n) is 13.4. The molecule has 0 spiro atoms. The van der Waals surface area contributed by atoms with Crippen LogP contribution < -0.4 is 10.6 Å². The van der Waals surface area contributed by atoms with E-state index < -0.39 is 12.1 Å². The maximum atomic E-state index is 12.6. The number of benzene rings is 1. The van der Waals surface area contributed by atoms with Crippen LogP contribution in [-0.4, -0.2) is 61.5 Å². The number of amides is 3. The van der Waals surface area contributed by atoms with Gasteiger partial charge in [-0.3, -0.25) is 15.0 Å². The van der Waals surface area contributed by atoms with Crippen LogP contribution in [-0.2, 0) is 4.79 Å². The van der Waals surface area contributed by atoms with Crippen LogP contribution in [0.15, 0.2) is 30.3 Å². The van der Waals surface area contributed by atoms with Crippen LogP contribution in [0.5, 0.6) is 0 Å². The lowest BCUT2D eigenvalue weighted by atomic mass is 10.0. The van der Waals surface area contributed by atoms with Crippen molar-refractivity contribution in [2.75, 3.05) is 33.7 Å². The fourth-order valence-corrected chi connectivity index (χ4v) is 2.91. The number of rotatable bonds is 3. The highest BCUT2D eigenvalue weighted by molar-refractivity contribution is 5.97. The molecule has 1 saturated heterocycles. The molecule has 2 atom stereocenters. The smallest absolute Gasteiger partial charge is 0.321 e. The molecule has 3 amide bonds. The van der Waals surface area contributed by atoms with Gasteiger partial charge in [0.25, 0.3) is 0 Å². The molecule has 6 heteroatoms. The van der Waals surface area contributed by atoms with Gasteiger partial charge in [-0.05, 0) is 19.5 Å². The molecule has 1 aliphatic rings. The van der Waals surface area contributed by atoms with E-state index in [4.69, 9.17) is 0 Å². The van der Waals surface area contributed by atoms with Gasteiger partial charge < -0.3 is 10.2 Å². The summed E-state index contributed by atoms with van der Waals surface area (Å²) in [6, 6.07) is 8.91. The Morgan fingerprint density at radius 1 is 1.23 bits per heavy atom. The van der Waals surface area contributed by atoms with Gasteiger partial charge in [-0.2, -0.15) is 0 Å². The molecule has 0 aromatic heterocycles. The molecule has 120 valence electrons. The van der Waals surface area contributed by atoms with Gasteiger partial charge in [0.1, 0.15) is 6.04 Å². The second-order valence-corrected chi connectivity index (χ2v) is 5.73. The Morgan fingerprint density at radius 2 is 1.91 bits per heavy atom. The number of carbonyl (C=O) groups is 2. The number of piperazine rings is 1. The van der Waals surface area contributed by atoms with Crippen molar-refractivity contribution in [1.29, 1.82) is 0 Å². The molecule has 2 rings (SSSR count). The van der Waals surface area contributed by atoms with E-state index in [1.54, 1.807) is 0 Å². The first-order valence-corrected chi connectivity index (χ1v) is 7.54. The molecule has 0 saturated carbocycles. The first-order chi connectivity index (χ1) is 10.5. The molecular weight excluding hydrogens is 280 g/mol. The van der Waals surface area contributed by atoms with Crippen LogP contribution in [0, 0.1) is 0 Å². The van der Waals surface area contributed by atoms with Gasteiger partial charge in [0.2, 0.25) is 5.91 Å². The molecular formula is C16H24N4O2. The van der Waals surface area contributed by atoms with Crippen LogP contribution >= 0.6 is 0 Å². The molecule has 1 aromatic rings. The topological polar surface area (TPSA) is 64.7 Å². The second kappa shape index (κ2) is 7.38. The molecule has 22 heavy (non-hydrogen) atoms. The van der Waals surface area contributed by atoms with E-state index in [0.717, 1.165) is 25.2 Å². The van der Waals surface area contributed by atoms with E-state index in [2.05, 4.69) is 34.4 Å². The molecule has 1 aromatic carbocycles. The van der Waals surface area contributed by atoms with Gasteiger partial charge >= 0.3 is 6.03 Å². The summed E-state index contributed by atoms with van der Waals surface area (Å²) in [5, 5.41) is 4.84. The van der Waals surface area contributed by atoms with Crippen LogP contribution in [0.4, 0.5) is 4.79 Å². The van der Waals surface area contributed by atoms with Crippen molar-refractivity contribution in [3.8, 4) is 0 Å². The minimum absolute atomic E-state index is 0.236. The number of nitrogens with one attached hydrogen (secondary N) is 2. The van der Waals surface area contributed by atoms with Crippen molar-refractivity contribution in [1.82, 2.24) is 20.4 Å². The van der Waals surface area contributed by atoms with Gasteiger partial charge in [-0.15, -0.1) is 0 Å². The van der Waals surface area contributed by atoms with E-state index >= 15 is 0 Å². The lowest BCUT2D eigenvalue weighted by Gasteiger charge is -2.42. The number of carbonyl (C=O) groups excluding carboxylic acids is 2. The standard InChI is InChI=1S/C16H24N4O2/c1-12-11-19(3)9-10-20(12)14(13-7-5-4-6-8-13)15(21)18-16(22)17-2/h4-8,12,14H,9-11H2,1-3H3,(H2,17,18,21,22)/t12-,14-/m0/s1.